The Labute approximate surface area is 177 Å². The lowest BCUT2D eigenvalue weighted by Crippen LogP contribution is -2.37. The maximum Gasteiger partial charge on any atom is 0.264 e. The van der Waals surface area contributed by atoms with E-state index >= 15 is 0 Å². The number of fused-ring (bicyclic) bond motifs is 2. The zero-order chi connectivity index (χ0) is 21.3. The molecule has 1 aromatic heterocycles. The molecular formula is C22H21FN2O4S. The van der Waals surface area contributed by atoms with Crippen LogP contribution in [0.15, 0.2) is 36.4 Å². The van der Waals surface area contributed by atoms with Gasteiger partial charge in [0, 0.05) is 28.4 Å². The fraction of sp³-hybridized carbons (Fsp3) is 0.273. The van der Waals surface area contributed by atoms with Crippen LogP contribution in [0.1, 0.15) is 22.2 Å². The van der Waals surface area contributed by atoms with E-state index < -0.39 is 0 Å². The molecule has 6 nitrogen and oxygen atoms in total. The van der Waals surface area contributed by atoms with E-state index in [1.165, 1.54) is 22.3 Å². The Hall–Kier alpha value is -3.13. The van der Waals surface area contributed by atoms with Crippen LogP contribution in [-0.2, 0) is 4.79 Å². The molecule has 8 heteroatoms. The molecule has 0 bridgehead atoms. The first-order chi connectivity index (χ1) is 14.5. The van der Waals surface area contributed by atoms with E-state index in [-0.39, 0.29) is 24.2 Å². The quantitative estimate of drug-likeness (QED) is 0.661. The van der Waals surface area contributed by atoms with Gasteiger partial charge < -0.3 is 19.7 Å². The molecule has 0 aliphatic carbocycles. The van der Waals surface area contributed by atoms with E-state index in [4.69, 9.17) is 9.47 Å². The number of halogens is 1. The van der Waals surface area contributed by atoms with E-state index in [2.05, 4.69) is 5.32 Å². The standard InChI is InChI=1S/C22H21FN2O4S/c1-3-25(22(27)21-13(2)20-15(23)5-4-6-18(20)30-21)12-19(26)24-14-7-8-16-17(11-14)29-10-9-28-16/h4-8,11H,3,9-10,12H2,1-2H3,(H,24,26). The molecule has 30 heavy (non-hydrogen) atoms. The third-order valence-electron chi connectivity index (χ3n) is 4.93. The van der Waals surface area contributed by atoms with Crippen LogP contribution < -0.4 is 14.8 Å². The molecule has 0 fully saturated rings. The van der Waals surface area contributed by atoms with Gasteiger partial charge in [0.05, 0.1) is 4.88 Å². The molecule has 1 aliphatic heterocycles. The van der Waals surface area contributed by atoms with Gasteiger partial charge in [-0.2, -0.15) is 0 Å². The third kappa shape index (κ3) is 3.82. The van der Waals surface area contributed by atoms with E-state index in [1.807, 2.05) is 0 Å². The molecule has 2 amide bonds. The number of benzene rings is 2. The highest BCUT2D eigenvalue weighted by Crippen LogP contribution is 2.34. The molecule has 0 saturated heterocycles. The highest BCUT2D eigenvalue weighted by Gasteiger charge is 2.23. The summed E-state index contributed by atoms with van der Waals surface area (Å²) in [4.78, 5) is 27.5. The Bertz CT molecular complexity index is 1130. The maximum atomic E-state index is 14.2. The zero-order valence-electron chi connectivity index (χ0n) is 16.7. The predicted octanol–water partition coefficient (Wildman–Crippen LogP) is 4.22. The number of amides is 2. The predicted molar refractivity (Wildman–Crippen MR) is 114 cm³/mol. The van der Waals surface area contributed by atoms with Crippen molar-refractivity contribution in [1.29, 1.82) is 0 Å². The molecule has 2 heterocycles. The highest BCUT2D eigenvalue weighted by molar-refractivity contribution is 7.21. The van der Waals surface area contributed by atoms with Crippen molar-refractivity contribution >= 4 is 38.9 Å². The van der Waals surface area contributed by atoms with E-state index in [0.29, 0.717) is 57.5 Å². The molecule has 0 spiro atoms. The first kappa shape index (κ1) is 20.2. The number of nitrogens with one attached hydrogen (secondary N) is 1. The van der Waals surface area contributed by atoms with Crippen LogP contribution in [-0.4, -0.2) is 43.0 Å². The Morgan fingerprint density at radius 3 is 2.67 bits per heavy atom. The minimum absolute atomic E-state index is 0.111. The number of carbonyl (C=O) groups excluding carboxylic acids is 2. The number of aryl methyl sites for hydroxylation is 1. The lowest BCUT2D eigenvalue weighted by atomic mass is 10.1. The van der Waals surface area contributed by atoms with Crippen molar-refractivity contribution in [2.45, 2.75) is 13.8 Å². The summed E-state index contributed by atoms with van der Waals surface area (Å²) in [5.41, 5.74) is 1.16. The second-order valence-corrected chi connectivity index (χ2v) is 7.95. The van der Waals surface area contributed by atoms with Crippen LogP contribution in [0.5, 0.6) is 11.5 Å². The molecule has 156 valence electrons. The Kier molecular flexibility index (Phi) is 5.59. The molecule has 3 aromatic rings. The number of carbonyl (C=O) groups is 2. The molecule has 4 rings (SSSR count). The van der Waals surface area contributed by atoms with Crippen molar-refractivity contribution in [2.75, 3.05) is 31.6 Å². The number of anilines is 1. The van der Waals surface area contributed by atoms with Crippen LogP contribution in [0.4, 0.5) is 10.1 Å². The Balaban J connectivity index is 1.49. The van der Waals surface area contributed by atoms with Gasteiger partial charge in [0.2, 0.25) is 5.91 Å². The summed E-state index contributed by atoms with van der Waals surface area (Å²) in [5, 5.41) is 3.25. The fourth-order valence-corrected chi connectivity index (χ4v) is 4.61. The van der Waals surface area contributed by atoms with Gasteiger partial charge in [0.15, 0.2) is 11.5 Å². The highest BCUT2D eigenvalue weighted by atomic mass is 32.1. The number of hydrogen-bond donors (Lipinski definition) is 1. The smallest absolute Gasteiger partial charge is 0.264 e. The van der Waals surface area contributed by atoms with Crippen molar-refractivity contribution in [3.8, 4) is 11.5 Å². The fourth-order valence-electron chi connectivity index (χ4n) is 3.42. The molecular weight excluding hydrogens is 407 g/mol. The summed E-state index contributed by atoms with van der Waals surface area (Å²) >= 11 is 1.24. The molecule has 0 radical (unpaired) electrons. The Morgan fingerprint density at radius 2 is 1.93 bits per heavy atom. The summed E-state index contributed by atoms with van der Waals surface area (Å²) in [5.74, 6) is 0.252. The minimum atomic E-state index is -0.348. The van der Waals surface area contributed by atoms with Gasteiger partial charge in [-0.05, 0) is 43.7 Å². The van der Waals surface area contributed by atoms with Crippen LogP contribution in [0.25, 0.3) is 10.1 Å². The van der Waals surface area contributed by atoms with Crippen molar-refractivity contribution < 1.29 is 23.5 Å². The molecule has 2 aromatic carbocycles. The SMILES string of the molecule is CCN(CC(=O)Nc1ccc2c(c1)OCCO2)C(=O)c1sc2cccc(F)c2c1C. The first-order valence-corrected chi connectivity index (χ1v) is 10.5. The average molecular weight is 428 g/mol. The monoisotopic (exact) mass is 428 g/mol. The largest absolute Gasteiger partial charge is 0.486 e. The number of likely N-dealkylation sites (N-methyl/N-ethyl adjacent to an activating group) is 1. The molecule has 0 atom stereocenters. The normalized spacial score (nSPS) is 12.6. The number of rotatable bonds is 5. The van der Waals surface area contributed by atoms with Crippen molar-refractivity contribution in [1.82, 2.24) is 4.90 Å². The van der Waals surface area contributed by atoms with Crippen molar-refractivity contribution in [3.63, 3.8) is 0 Å². The van der Waals surface area contributed by atoms with Gasteiger partial charge in [-0.1, -0.05) is 6.07 Å². The molecule has 1 N–H and O–H groups in total. The van der Waals surface area contributed by atoms with E-state index in [0.717, 1.165) is 0 Å². The average Bonchev–Trinajstić information content (AvgIpc) is 3.09. The number of hydrogen-bond acceptors (Lipinski definition) is 5. The first-order valence-electron chi connectivity index (χ1n) is 9.64. The molecule has 0 unspecified atom stereocenters. The third-order valence-corrected chi connectivity index (χ3v) is 6.17. The second-order valence-electron chi connectivity index (χ2n) is 6.90. The van der Waals surface area contributed by atoms with Gasteiger partial charge >= 0.3 is 0 Å². The van der Waals surface area contributed by atoms with Crippen LogP contribution >= 0.6 is 11.3 Å². The lowest BCUT2D eigenvalue weighted by Gasteiger charge is -2.21. The minimum Gasteiger partial charge on any atom is -0.486 e. The molecule has 0 saturated carbocycles. The van der Waals surface area contributed by atoms with Crippen molar-refractivity contribution in [2.24, 2.45) is 0 Å². The van der Waals surface area contributed by atoms with Gasteiger partial charge in [0.25, 0.3) is 5.91 Å². The van der Waals surface area contributed by atoms with E-state index in [9.17, 15) is 14.0 Å². The summed E-state index contributed by atoms with van der Waals surface area (Å²) in [6.07, 6.45) is 0. The summed E-state index contributed by atoms with van der Waals surface area (Å²) in [6.45, 7) is 4.73. The van der Waals surface area contributed by atoms with Crippen LogP contribution in [0.2, 0.25) is 0 Å². The topological polar surface area (TPSA) is 67.9 Å². The van der Waals surface area contributed by atoms with Gasteiger partial charge in [-0.25, -0.2) is 4.39 Å². The van der Waals surface area contributed by atoms with Crippen molar-refractivity contribution in [3.05, 3.63) is 52.7 Å². The number of ether oxygens (including phenoxy) is 2. The van der Waals surface area contributed by atoms with Gasteiger partial charge in [0.1, 0.15) is 25.6 Å². The lowest BCUT2D eigenvalue weighted by molar-refractivity contribution is -0.116. The second kappa shape index (κ2) is 8.31. The summed E-state index contributed by atoms with van der Waals surface area (Å²) in [7, 11) is 0. The van der Waals surface area contributed by atoms with Crippen LogP contribution in [0, 0.1) is 12.7 Å². The van der Waals surface area contributed by atoms with Gasteiger partial charge in [-0.3, -0.25) is 9.59 Å². The maximum absolute atomic E-state index is 14.2. The number of nitrogens with zero attached hydrogens (tertiary/aromatic N) is 1. The summed E-state index contributed by atoms with van der Waals surface area (Å²) < 4.78 is 25.9. The Morgan fingerprint density at radius 1 is 1.17 bits per heavy atom. The number of thiophene rings is 1. The van der Waals surface area contributed by atoms with Crippen LogP contribution in [0.3, 0.4) is 0 Å². The van der Waals surface area contributed by atoms with E-state index in [1.54, 1.807) is 44.2 Å². The zero-order valence-corrected chi connectivity index (χ0v) is 17.5. The molecule has 1 aliphatic rings. The van der Waals surface area contributed by atoms with Gasteiger partial charge in [-0.15, -0.1) is 11.3 Å². The summed E-state index contributed by atoms with van der Waals surface area (Å²) in [6, 6.07) is 9.96.